The molecule has 0 saturated carbocycles. The fourth-order valence-corrected chi connectivity index (χ4v) is 2.45. The number of nitrogens with zero attached hydrogens (tertiary/aromatic N) is 2. The largest absolute Gasteiger partial charge is 0.494 e. The number of esters is 1. The Labute approximate surface area is 167 Å². The summed E-state index contributed by atoms with van der Waals surface area (Å²) in [6.07, 6.45) is 3.86. The molecule has 0 N–H and O–H groups in total. The van der Waals surface area contributed by atoms with Crippen molar-refractivity contribution in [2.24, 2.45) is 10.2 Å². The molecule has 0 spiro atoms. The number of benzene rings is 2. The van der Waals surface area contributed by atoms with Gasteiger partial charge in [-0.15, -0.1) is 0 Å². The Morgan fingerprint density at radius 1 is 0.929 bits per heavy atom. The normalized spacial score (nSPS) is 10.8. The zero-order valence-electron chi connectivity index (χ0n) is 16.7. The molecule has 0 amide bonds. The molecule has 148 valence electrons. The van der Waals surface area contributed by atoms with Crippen molar-refractivity contribution in [3.8, 4) is 5.75 Å². The summed E-state index contributed by atoms with van der Waals surface area (Å²) < 4.78 is 10.8. The van der Waals surface area contributed by atoms with Gasteiger partial charge in [-0.25, -0.2) is 4.79 Å². The van der Waals surface area contributed by atoms with Crippen LogP contribution >= 0.6 is 0 Å². The molecule has 0 unspecified atom stereocenters. The van der Waals surface area contributed by atoms with Gasteiger partial charge in [-0.3, -0.25) is 0 Å². The van der Waals surface area contributed by atoms with Gasteiger partial charge in [-0.2, -0.15) is 10.2 Å². The molecular weight excluding hydrogens is 352 g/mol. The van der Waals surface area contributed by atoms with E-state index in [1.165, 1.54) is 0 Å². The SMILES string of the molecule is C=C(C)C(=O)OCCCCCCOc1ccc(/N=N/c2cccc(C)c2)cc1. The van der Waals surface area contributed by atoms with Gasteiger partial charge in [0, 0.05) is 5.57 Å². The molecule has 0 bridgehead atoms. The van der Waals surface area contributed by atoms with E-state index in [1.807, 2.05) is 55.5 Å². The fraction of sp³-hybridized carbons (Fsp3) is 0.348. The molecular formula is C23H28N2O3. The van der Waals surface area contributed by atoms with Crippen molar-refractivity contribution >= 4 is 17.3 Å². The molecule has 2 rings (SSSR count). The predicted octanol–water partition coefficient (Wildman–Crippen LogP) is 6.47. The maximum absolute atomic E-state index is 11.2. The van der Waals surface area contributed by atoms with E-state index in [1.54, 1.807) is 6.92 Å². The van der Waals surface area contributed by atoms with Gasteiger partial charge in [-0.1, -0.05) is 18.7 Å². The highest BCUT2D eigenvalue weighted by atomic mass is 16.5. The molecule has 0 atom stereocenters. The summed E-state index contributed by atoms with van der Waals surface area (Å²) in [6, 6.07) is 15.5. The van der Waals surface area contributed by atoms with Crippen LogP contribution in [0.1, 0.15) is 38.2 Å². The second-order valence-corrected chi connectivity index (χ2v) is 6.71. The summed E-state index contributed by atoms with van der Waals surface area (Å²) in [6.45, 7) is 8.35. The van der Waals surface area contributed by atoms with Gasteiger partial charge < -0.3 is 9.47 Å². The van der Waals surface area contributed by atoms with Crippen LogP contribution in [0, 0.1) is 6.92 Å². The van der Waals surface area contributed by atoms with Gasteiger partial charge in [0.15, 0.2) is 0 Å². The summed E-state index contributed by atoms with van der Waals surface area (Å²) in [5.41, 5.74) is 3.23. The summed E-state index contributed by atoms with van der Waals surface area (Å²) in [7, 11) is 0. The van der Waals surface area contributed by atoms with Crippen molar-refractivity contribution in [1.82, 2.24) is 0 Å². The third-order valence-electron chi connectivity index (χ3n) is 4.01. The molecule has 0 aliphatic heterocycles. The maximum Gasteiger partial charge on any atom is 0.333 e. The van der Waals surface area contributed by atoms with Gasteiger partial charge in [0.1, 0.15) is 5.75 Å². The standard InChI is InChI=1S/C23H28N2O3/c1-18(2)23(26)28-16-7-5-4-6-15-27-22-13-11-20(12-14-22)24-25-21-10-8-9-19(3)17-21/h8-14,17H,1,4-7,15-16H2,2-3H3/b25-24+. The highest BCUT2D eigenvalue weighted by molar-refractivity contribution is 5.86. The Hall–Kier alpha value is -2.95. The van der Waals surface area contributed by atoms with Crippen LogP contribution in [0.5, 0.6) is 5.75 Å². The molecule has 0 saturated heterocycles. The van der Waals surface area contributed by atoms with Crippen LogP contribution < -0.4 is 4.74 Å². The minimum atomic E-state index is -0.315. The van der Waals surface area contributed by atoms with Crippen molar-refractivity contribution in [2.45, 2.75) is 39.5 Å². The third kappa shape index (κ3) is 8.16. The molecule has 0 fully saturated rings. The Morgan fingerprint density at radius 2 is 1.61 bits per heavy atom. The van der Waals surface area contributed by atoms with Crippen molar-refractivity contribution in [3.05, 3.63) is 66.2 Å². The van der Waals surface area contributed by atoms with Crippen LogP contribution in [-0.4, -0.2) is 19.2 Å². The molecule has 2 aromatic carbocycles. The molecule has 5 heteroatoms. The first kappa shape index (κ1) is 21.4. The van der Waals surface area contributed by atoms with Gasteiger partial charge in [-0.05, 0) is 81.5 Å². The summed E-state index contributed by atoms with van der Waals surface area (Å²) in [5, 5.41) is 8.49. The van der Waals surface area contributed by atoms with Crippen LogP contribution in [0.15, 0.2) is 70.9 Å². The molecule has 2 aromatic rings. The molecule has 0 aliphatic carbocycles. The van der Waals surface area contributed by atoms with E-state index in [2.05, 4.69) is 16.8 Å². The Balaban J connectivity index is 1.61. The highest BCUT2D eigenvalue weighted by Gasteiger charge is 2.02. The average Bonchev–Trinajstić information content (AvgIpc) is 2.69. The second-order valence-electron chi connectivity index (χ2n) is 6.71. The topological polar surface area (TPSA) is 60.2 Å². The van der Waals surface area contributed by atoms with E-state index < -0.39 is 0 Å². The maximum atomic E-state index is 11.2. The smallest absolute Gasteiger partial charge is 0.333 e. The lowest BCUT2D eigenvalue weighted by Gasteiger charge is -2.07. The number of carbonyl (C=O) groups excluding carboxylic acids is 1. The van der Waals surface area contributed by atoms with Crippen molar-refractivity contribution < 1.29 is 14.3 Å². The predicted molar refractivity (Wildman–Crippen MR) is 112 cm³/mol. The fourth-order valence-electron chi connectivity index (χ4n) is 2.45. The Kier molecular flexibility index (Phi) is 8.92. The molecule has 5 nitrogen and oxygen atoms in total. The number of rotatable bonds is 11. The lowest BCUT2D eigenvalue weighted by atomic mass is 10.2. The minimum absolute atomic E-state index is 0.315. The summed E-state index contributed by atoms with van der Waals surface area (Å²) in [5.74, 6) is 0.509. The monoisotopic (exact) mass is 380 g/mol. The zero-order chi connectivity index (χ0) is 20.2. The summed E-state index contributed by atoms with van der Waals surface area (Å²) in [4.78, 5) is 11.2. The van der Waals surface area contributed by atoms with Crippen LogP contribution in [0.3, 0.4) is 0 Å². The lowest BCUT2D eigenvalue weighted by molar-refractivity contribution is -0.139. The van der Waals surface area contributed by atoms with Crippen LogP contribution in [0.25, 0.3) is 0 Å². The Bertz CT molecular complexity index is 798. The first-order valence-electron chi connectivity index (χ1n) is 9.58. The second kappa shape index (κ2) is 11.7. The number of unbranched alkanes of at least 4 members (excludes halogenated alkanes) is 3. The lowest BCUT2D eigenvalue weighted by Crippen LogP contribution is -2.06. The molecule has 0 aromatic heterocycles. The molecule has 0 radical (unpaired) electrons. The Morgan fingerprint density at radius 3 is 2.29 bits per heavy atom. The van der Waals surface area contributed by atoms with Gasteiger partial charge in [0.05, 0.1) is 24.6 Å². The van der Waals surface area contributed by atoms with Gasteiger partial charge in [0.2, 0.25) is 0 Å². The quantitative estimate of drug-likeness (QED) is 0.194. The van der Waals surface area contributed by atoms with Crippen LogP contribution in [0.2, 0.25) is 0 Å². The van der Waals surface area contributed by atoms with Crippen LogP contribution in [-0.2, 0) is 9.53 Å². The van der Waals surface area contributed by atoms with E-state index in [-0.39, 0.29) is 5.97 Å². The number of carbonyl (C=O) groups is 1. The summed E-state index contributed by atoms with van der Waals surface area (Å²) >= 11 is 0. The molecule has 0 aliphatic rings. The third-order valence-corrected chi connectivity index (χ3v) is 4.01. The minimum Gasteiger partial charge on any atom is -0.494 e. The van der Waals surface area contributed by atoms with Crippen LogP contribution in [0.4, 0.5) is 11.4 Å². The zero-order valence-corrected chi connectivity index (χ0v) is 16.7. The molecule has 28 heavy (non-hydrogen) atoms. The number of hydrogen-bond donors (Lipinski definition) is 0. The first-order chi connectivity index (χ1) is 13.5. The van der Waals surface area contributed by atoms with Crippen molar-refractivity contribution in [2.75, 3.05) is 13.2 Å². The van der Waals surface area contributed by atoms with E-state index in [4.69, 9.17) is 9.47 Å². The van der Waals surface area contributed by atoms with Crippen molar-refractivity contribution in [3.63, 3.8) is 0 Å². The van der Waals surface area contributed by atoms with Crippen molar-refractivity contribution in [1.29, 1.82) is 0 Å². The number of azo groups is 1. The molecule has 0 heterocycles. The van der Waals surface area contributed by atoms with E-state index >= 15 is 0 Å². The van der Waals surface area contributed by atoms with E-state index in [9.17, 15) is 4.79 Å². The number of hydrogen-bond acceptors (Lipinski definition) is 5. The van der Waals surface area contributed by atoms with Gasteiger partial charge in [0.25, 0.3) is 0 Å². The highest BCUT2D eigenvalue weighted by Crippen LogP contribution is 2.22. The number of ether oxygens (including phenoxy) is 2. The number of aryl methyl sites for hydroxylation is 1. The average molecular weight is 380 g/mol. The van der Waals surface area contributed by atoms with Gasteiger partial charge >= 0.3 is 5.97 Å². The van der Waals surface area contributed by atoms with E-state index in [0.717, 1.165) is 48.4 Å². The first-order valence-corrected chi connectivity index (χ1v) is 9.58. The van der Waals surface area contributed by atoms with E-state index in [0.29, 0.717) is 18.8 Å².